The molecule has 1 saturated heterocycles. The molecule has 1 aliphatic rings. The fourth-order valence-corrected chi connectivity index (χ4v) is 3.57. The molecule has 0 atom stereocenters. The highest BCUT2D eigenvalue weighted by Crippen LogP contribution is 2.28. The fraction of sp³-hybridized carbons (Fsp3) is 0.318. The monoisotopic (exact) mass is 376 g/mol. The molecule has 1 N–H and O–H groups in total. The predicted octanol–water partition coefficient (Wildman–Crippen LogP) is 3.86. The Morgan fingerprint density at radius 1 is 1.14 bits per heavy atom. The third kappa shape index (κ3) is 4.46. The highest BCUT2D eigenvalue weighted by atomic mass is 16.5. The van der Waals surface area contributed by atoms with Crippen LogP contribution in [0.5, 0.6) is 0 Å². The van der Waals surface area contributed by atoms with Gasteiger partial charge in [0.25, 0.3) is 0 Å². The van der Waals surface area contributed by atoms with Gasteiger partial charge in [-0.2, -0.15) is 4.98 Å². The number of carbonyl (C=O) groups is 1. The number of hydrogen-bond acceptors (Lipinski definition) is 5. The zero-order valence-corrected chi connectivity index (χ0v) is 16.0. The van der Waals surface area contributed by atoms with Crippen LogP contribution >= 0.6 is 0 Å². The third-order valence-electron chi connectivity index (χ3n) is 5.08. The molecular formula is C22H24N4O2. The van der Waals surface area contributed by atoms with Crippen molar-refractivity contribution in [2.24, 2.45) is 0 Å². The number of piperidine rings is 1. The first-order valence-electron chi connectivity index (χ1n) is 9.65. The average molecular weight is 376 g/mol. The van der Waals surface area contributed by atoms with Crippen LogP contribution in [-0.2, 0) is 4.79 Å². The highest BCUT2D eigenvalue weighted by Gasteiger charge is 2.26. The predicted molar refractivity (Wildman–Crippen MR) is 108 cm³/mol. The Kier molecular flexibility index (Phi) is 5.48. The molecule has 6 nitrogen and oxygen atoms in total. The maximum atomic E-state index is 12.3. The van der Waals surface area contributed by atoms with Gasteiger partial charge in [0, 0.05) is 17.2 Å². The number of likely N-dealkylation sites (tertiary alicyclic amines) is 1. The van der Waals surface area contributed by atoms with Crippen LogP contribution in [0.1, 0.15) is 30.2 Å². The van der Waals surface area contributed by atoms with E-state index in [4.69, 9.17) is 4.52 Å². The van der Waals surface area contributed by atoms with Crippen LogP contribution in [0.25, 0.3) is 11.4 Å². The number of rotatable bonds is 5. The number of aromatic nitrogens is 2. The summed E-state index contributed by atoms with van der Waals surface area (Å²) in [5.41, 5.74) is 2.94. The average Bonchev–Trinajstić information content (AvgIpc) is 3.19. The quantitative estimate of drug-likeness (QED) is 0.732. The van der Waals surface area contributed by atoms with E-state index in [0.29, 0.717) is 18.3 Å². The number of aryl methyl sites for hydroxylation is 1. The van der Waals surface area contributed by atoms with Crippen LogP contribution in [0.2, 0.25) is 0 Å². The van der Waals surface area contributed by atoms with E-state index in [-0.39, 0.29) is 11.8 Å². The second-order valence-corrected chi connectivity index (χ2v) is 7.29. The lowest BCUT2D eigenvalue weighted by molar-refractivity contribution is -0.117. The van der Waals surface area contributed by atoms with Gasteiger partial charge in [0.1, 0.15) is 0 Å². The van der Waals surface area contributed by atoms with Gasteiger partial charge in [-0.05, 0) is 50.6 Å². The first-order valence-corrected chi connectivity index (χ1v) is 9.65. The zero-order chi connectivity index (χ0) is 19.3. The second kappa shape index (κ2) is 8.35. The van der Waals surface area contributed by atoms with Crippen molar-refractivity contribution in [3.8, 4) is 11.4 Å². The third-order valence-corrected chi connectivity index (χ3v) is 5.08. The Morgan fingerprint density at radius 2 is 1.93 bits per heavy atom. The number of carbonyl (C=O) groups excluding carboxylic acids is 1. The molecule has 0 unspecified atom stereocenters. The Bertz CT molecular complexity index is 930. The topological polar surface area (TPSA) is 71.3 Å². The maximum absolute atomic E-state index is 12.3. The molecule has 4 rings (SSSR count). The maximum Gasteiger partial charge on any atom is 0.238 e. The summed E-state index contributed by atoms with van der Waals surface area (Å²) in [7, 11) is 0. The number of hydrogen-bond donors (Lipinski definition) is 1. The van der Waals surface area contributed by atoms with Crippen molar-refractivity contribution < 1.29 is 9.32 Å². The minimum Gasteiger partial charge on any atom is -0.339 e. The number of benzene rings is 2. The molecule has 1 aliphatic heterocycles. The molecule has 0 spiro atoms. The van der Waals surface area contributed by atoms with Crippen LogP contribution < -0.4 is 5.32 Å². The molecule has 1 aromatic heterocycles. The largest absolute Gasteiger partial charge is 0.339 e. The SMILES string of the molecule is Cc1cccc(NC(=O)CN2CCC(c3nc(-c4ccccc4)no3)CC2)c1. The minimum atomic E-state index is 0.0215. The van der Waals surface area contributed by atoms with Gasteiger partial charge >= 0.3 is 0 Å². The Hall–Kier alpha value is -2.99. The molecule has 0 bridgehead atoms. The number of anilines is 1. The van der Waals surface area contributed by atoms with E-state index >= 15 is 0 Å². The number of nitrogens with zero attached hydrogens (tertiary/aromatic N) is 3. The van der Waals surface area contributed by atoms with E-state index in [0.717, 1.165) is 42.7 Å². The lowest BCUT2D eigenvalue weighted by atomic mass is 9.97. The summed E-state index contributed by atoms with van der Waals surface area (Å²) in [6, 6.07) is 17.7. The van der Waals surface area contributed by atoms with E-state index in [9.17, 15) is 4.79 Å². The molecule has 1 fully saturated rings. The van der Waals surface area contributed by atoms with Crippen LogP contribution in [0, 0.1) is 6.92 Å². The standard InChI is InChI=1S/C22H24N4O2/c1-16-6-5-9-19(14-16)23-20(27)15-26-12-10-18(11-13-26)22-24-21(25-28-22)17-7-3-2-4-8-17/h2-9,14,18H,10-13,15H2,1H3,(H,23,27). The molecular weight excluding hydrogens is 352 g/mol. The fourth-order valence-electron chi connectivity index (χ4n) is 3.57. The summed E-state index contributed by atoms with van der Waals surface area (Å²) in [6.45, 7) is 4.10. The summed E-state index contributed by atoms with van der Waals surface area (Å²) >= 11 is 0. The molecule has 2 aromatic carbocycles. The van der Waals surface area contributed by atoms with Crippen LogP contribution in [0.3, 0.4) is 0 Å². The molecule has 6 heteroatoms. The molecule has 0 aliphatic carbocycles. The first kappa shape index (κ1) is 18.4. The van der Waals surface area contributed by atoms with Crippen molar-refractivity contribution in [2.75, 3.05) is 25.0 Å². The van der Waals surface area contributed by atoms with E-state index in [1.54, 1.807) is 0 Å². The van der Waals surface area contributed by atoms with Gasteiger partial charge in [-0.3, -0.25) is 9.69 Å². The molecule has 0 radical (unpaired) electrons. The molecule has 28 heavy (non-hydrogen) atoms. The van der Waals surface area contributed by atoms with Gasteiger partial charge in [0.15, 0.2) is 0 Å². The molecule has 1 amide bonds. The molecule has 3 aromatic rings. The summed E-state index contributed by atoms with van der Waals surface area (Å²) in [4.78, 5) is 19.1. The van der Waals surface area contributed by atoms with Gasteiger partial charge < -0.3 is 9.84 Å². The Balaban J connectivity index is 1.29. The van der Waals surface area contributed by atoms with Crippen molar-refractivity contribution in [1.29, 1.82) is 0 Å². The van der Waals surface area contributed by atoms with Crippen molar-refractivity contribution in [3.05, 3.63) is 66.1 Å². The first-order chi connectivity index (χ1) is 13.7. The minimum absolute atomic E-state index is 0.0215. The molecule has 2 heterocycles. The lowest BCUT2D eigenvalue weighted by Gasteiger charge is -2.29. The van der Waals surface area contributed by atoms with Gasteiger partial charge in [-0.15, -0.1) is 0 Å². The Labute approximate surface area is 164 Å². The van der Waals surface area contributed by atoms with Gasteiger partial charge in [-0.1, -0.05) is 47.6 Å². The van der Waals surface area contributed by atoms with Gasteiger partial charge in [0.2, 0.25) is 17.6 Å². The normalized spacial score (nSPS) is 15.5. The van der Waals surface area contributed by atoms with E-state index < -0.39 is 0 Å². The summed E-state index contributed by atoms with van der Waals surface area (Å²) in [5, 5.41) is 7.09. The highest BCUT2D eigenvalue weighted by molar-refractivity contribution is 5.92. The van der Waals surface area contributed by atoms with Crippen LogP contribution in [-0.4, -0.2) is 40.6 Å². The summed E-state index contributed by atoms with van der Waals surface area (Å²) in [5.74, 6) is 1.60. The van der Waals surface area contributed by atoms with Crippen molar-refractivity contribution in [3.63, 3.8) is 0 Å². The second-order valence-electron chi connectivity index (χ2n) is 7.29. The summed E-state index contributed by atoms with van der Waals surface area (Å²) in [6.07, 6.45) is 1.82. The lowest BCUT2D eigenvalue weighted by Crippen LogP contribution is -2.38. The molecule has 0 saturated carbocycles. The van der Waals surface area contributed by atoms with Crippen molar-refractivity contribution >= 4 is 11.6 Å². The van der Waals surface area contributed by atoms with Crippen molar-refractivity contribution in [1.82, 2.24) is 15.0 Å². The number of nitrogens with one attached hydrogen (secondary N) is 1. The smallest absolute Gasteiger partial charge is 0.238 e. The van der Waals surface area contributed by atoms with Crippen molar-refractivity contribution in [2.45, 2.75) is 25.7 Å². The van der Waals surface area contributed by atoms with Gasteiger partial charge in [0.05, 0.1) is 6.54 Å². The Morgan fingerprint density at radius 3 is 2.68 bits per heavy atom. The van der Waals surface area contributed by atoms with Crippen LogP contribution in [0.15, 0.2) is 59.1 Å². The summed E-state index contributed by atoms with van der Waals surface area (Å²) < 4.78 is 5.51. The van der Waals surface area contributed by atoms with Gasteiger partial charge in [-0.25, -0.2) is 0 Å². The van der Waals surface area contributed by atoms with Crippen LogP contribution in [0.4, 0.5) is 5.69 Å². The van der Waals surface area contributed by atoms with E-state index in [1.807, 2.05) is 61.5 Å². The van der Waals surface area contributed by atoms with E-state index in [1.165, 1.54) is 0 Å². The molecule has 144 valence electrons. The zero-order valence-electron chi connectivity index (χ0n) is 16.0. The van der Waals surface area contributed by atoms with E-state index in [2.05, 4.69) is 20.4 Å². The number of amides is 1.